The van der Waals surface area contributed by atoms with Gasteiger partial charge in [0.15, 0.2) is 0 Å². The van der Waals surface area contributed by atoms with E-state index < -0.39 is 35.2 Å². The number of carbonyl (C=O) groups is 3. The van der Waals surface area contributed by atoms with E-state index in [-0.39, 0.29) is 60.2 Å². The Morgan fingerprint density at radius 3 is 2.47 bits per heavy atom. The molecular weight excluding hydrogens is 550 g/mol. The Kier molecular flexibility index (Phi) is 7.71. The maximum atomic E-state index is 14.2. The summed E-state index contributed by atoms with van der Waals surface area (Å²) in [7, 11) is 1.36. The van der Waals surface area contributed by atoms with E-state index in [2.05, 4.69) is 26.1 Å². The Hall–Kier alpha value is -1.81. The average Bonchev–Trinajstić information content (AvgIpc) is 3.59. The first-order chi connectivity index (χ1) is 20.3. The van der Waals surface area contributed by atoms with Crippen LogP contribution in [0.5, 0.6) is 0 Å². The van der Waals surface area contributed by atoms with Crippen molar-refractivity contribution in [2.75, 3.05) is 13.7 Å². The van der Waals surface area contributed by atoms with Crippen LogP contribution in [0.2, 0.25) is 0 Å². The SMILES string of the molecule is COC(=O)[C@H](N[C@H]1CC(=O)[C@]2(C)[C@H]3CC[C@]4(C)[C@@H]([C@H](C)[C@H]5CC(C)=C(CO)C(=O)O5)CC[C@H]4[C@@H]3C[C@H]3O[C@]32[C@H]1O)C(C)C. The van der Waals surface area contributed by atoms with Gasteiger partial charge in [0, 0.05) is 18.9 Å². The zero-order chi connectivity index (χ0) is 31.2. The van der Waals surface area contributed by atoms with Gasteiger partial charge in [-0.05, 0) is 86.9 Å². The number of fused-ring (bicyclic) bond motifs is 4. The number of aliphatic hydroxyl groups is 2. The zero-order valence-electron chi connectivity index (χ0n) is 26.9. The first kappa shape index (κ1) is 31.2. The fourth-order valence-electron chi connectivity index (χ4n) is 11.1. The summed E-state index contributed by atoms with van der Waals surface area (Å²) in [5.41, 5.74) is -0.302. The van der Waals surface area contributed by atoms with Gasteiger partial charge in [0.1, 0.15) is 29.6 Å². The average molecular weight is 602 g/mol. The third-order valence-corrected chi connectivity index (χ3v) is 13.5. The van der Waals surface area contributed by atoms with Crippen molar-refractivity contribution in [2.45, 2.75) is 122 Å². The van der Waals surface area contributed by atoms with Gasteiger partial charge in [0.25, 0.3) is 0 Å². The summed E-state index contributed by atoms with van der Waals surface area (Å²) >= 11 is 0. The normalized spacial score (nSPS) is 46.7. The lowest BCUT2D eigenvalue weighted by molar-refractivity contribution is -0.171. The summed E-state index contributed by atoms with van der Waals surface area (Å²) in [5, 5.41) is 24.7. The predicted molar refractivity (Wildman–Crippen MR) is 158 cm³/mol. The van der Waals surface area contributed by atoms with Crippen molar-refractivity contribution >= 4 is 17.7 Å². The lowest BCUT2D eigenvalue weighted by Crippen LogP contribution is -2.70. The smallest absolute Gasteiger partial charge is 0.336 e. The second-order valence-electron chi connectivity index (χ2n) is 15.5. The lowest BCUT2D eigenvalue weighted by Gasteiger charge is -2.60. The molecule has 43 heavy (non-hydrogen) atoms. The third kappa shape index (κ3) is 4.27. The highest BCUT2D eigenvalue weighted by Crippen LogP contribution is 2.73. The molecule has 3 N–H and O–H groups in total. The van der Waals surface area contributed by atoms with Crippen LogP contribution in [0, 0.1) is 46.3 Å². The minimum atomic E-state index is -0.914. The maximum Gasteiger partial charge on any atom is 0.336 e. The third-order valence-electron chi connectivity index (χ3n) is 13.5. The number of methoxy groups -OCH3 is 1. The van der Waals surface area contributed by atoms with Crippen LogP contribution in [-0.4, -0.2) is 77.6 Å². The molecule has 6 rings (SSSR count). The molecule has 240 valence electrons. The highest BCUT2D eigenvalue weighted by atomic mass is 16.6. The molecule has 1 spiro atoms. The molecule has 0 radical (unpaired) electrons. The molecule has 2 heterocycles. The van der Waals surface area contributed by atoms with E-state index in [1.165, 1.54) is 7.11 Å². The van der Waals surface area contributed by atoms with Gasteiger partial charge in [-0.25, -0.2) is 4.79 Å². The van der Waals surface area contributed by atoms with Gasteiger partial charge in [-0.1, -0.05) is 33.3 Å². The number of ketones is 1. The zero-order valence-corrected chi connectivity index (χ0v) is 26.9. The molecule has 5 fully saturated rings. The number of epoxide rings is 1. The quantitative estimate of drug-likeness (QED) is 0.297. The lowest BCUT2D eigenvalue weighted by atomic mass is 9.43. The number of aliphatic hydroxyl groups excluding tert-OH is 2. The van der Waals surface area contributed by atoms with Crippen LogP contribution in [0.4, 0.5) is 0 Å². The number of hydrogen-bond donors (Lipinski definition) is 3. The van der Waals surface area contributed by atoms with Crippen molar-refractivity contribution in [1.82, 2.24) is 5.32 Å². The van der Waals surface area contributed by atoms with Gasteiger partial charge in [-0.2, -0.15) is 0 Å². The molecule has 0 aromatic rings. The van der Waals surface area contributed by atoms with Crippen LogP contribution in [0.15, 0.2) is 11.1 Å². The van der Waals surface area contributed by atoms with E-state index in [0.29, 0.717) is 29.7 Å². The molecule has 0 unspecified atom stereocenters. The minimum Gasteiger partial charge on any atom is -0.468 e. The molecule has 0 bridgehead atoms. The van der Waals surface area contributed by atoms with Crippen LogP contribution in [-0.2, 0) is 28.6 Å². The molecule has 1 saturated heterocycles. The van der Waals surface area contributed by atoms with Gasteiger partial charge in [0.05, 0.1) is 30.8 Å². The maximum absolute atomic E-state index is 14.2. The first-order valence-electron chi connectivity index (χ1n) is 16.5. The van der Waals surface area contributed by atoms with Gasteiger partial charge in [-0.3, -0.25) is 14.9 Å². The van der Waals surface area contributed by atoms with Crippen molar-refractivity contribution in [3.8, 4) is 0 Å². The molecule has 0 amide bonds. The Morgan fingerprint density at radius 1 is 1.12 bits per heavy atom. The molecule has 6 aliphatic rings. The minimum absolute atomic E-state index is 0.0604. The Bertz CT molecular complexity index is 1210. The second-order valence-corrected chi connectivity index (χ2v) is 15.5. The summed E-state index contributed by atoms with van der Waals surface area (Å²) in [6.45, 7) is 12.2. The van der Waals surface area contributed by atoms with Crippen molar-refractivity contribution in [2.24, 2.45) is 46.3 Å². The van der Waals surface area contributed by atoms with E-state index in [0.717, 1.165) is 37.7 Å². The number of cyclic esters (lactones) is 1. The highest BCUT2D eigenvalue weighted by molar-refractivity contribution is 5.91. The highest BCUT2D eigenvalue weighted by Gasteiger charge is 2.82. The van der Waals surface area contributed by atoms with Crippen molar-refractivity contribution in [3.63, 3.8) is 0 Å². The van der Waals surface area contributed by atoms with Crippen LogP contribution in [0.3, 0.4) is 0 Å². The number of nitrogens with one attached hydrogen (secondary N) is 1. The number of hydrogen-bond acceptors (Lipinski definition) is 9. The van der Waals surface area contributed by atoms with Gasteiger partial charge >= 0.3 is 11.9 Å². The summed E-state index contributed by atoms with van der Waals surface area (Å²) in [4.78, 5) is 39.3. The number of Topliss-reactive ketones (excluding diaryl/α,β-unsaturated/α-hetero) is 1. The van der Waals surface area contributed by atoms with Crippen LogP contribution >= 0.6 is 0 Å². The number of carbonyl (C=O) groups excluding carboxylic acids is 3. The van der Waals surface area contributed by atoms with Crippen molar-refractivity contribution in [3.05, 3.63) is 11.1 Å². The molecule has 13 atom stereocenters. The summed E-state index contributed by atoms with van der Waals surface area (Å²) in [5.74, 6) is 0.774. The molecule has 0 aromatic heterocycles. The summed E-state index contributed by atoms with van der Waals surface area (Å²) in [6.07, 6.45) is 4.44. The van der Waals surface area contributed by atoms with Crippen LogP contribution in [0.25, 0.3) is 0 Å². The fraction of sp³-hybridized carbons (Fsp3) is 0.853. The van der Waals surface area contributed by atoms with Crippen LogP contribution in [0.1, 0.15) is 86.5 Å². The van der Waals surface area contributed by atoms with E-state index in [1.54, 1.807) is 0 Å². The van der Waals surface area contributed by atoms with E-state index in [1.807, 2.05) is 20.8 Å². The van der Waals surface area contributed by atoms with Gasteiger partial charge in [0.2, 0.25) is 0 Å². The van der Waals surface area contributed by atoms with Gasteiger partial charge in [-0.15, -0.1) is 0 Å². The monoisotopic (exact) mass is 601 g/mol. The topological polar surface area (TPSA) is 135 Å². The van der Waals surface area contributed by atoms with Crippen molar-refractivity contribution < 1.29 is 38.8 Å². The Balaban J connectivity index is 1.22. The number of rotatable bonds is 7. The molecule has 4 saturated carbocycles. The van der Waals surface area contributed by atoms with E-state index >= 15 is 0 Å². The predicted octanol–water partition coefficient (Wildman–Crippen LogP) is 3.34. The first-order valence-corrected chi connectivity index (χ1v) is 16.5. The number of esters is 2. The fourth-order valence-corrected chi connectivity index (χ4v) is 11.1. The molecule has 4 aliphatic carbocycles. The Labute approximate surface area is 255 Å². The van der Waals surface area contributed by atoms with Crippen LogP contribution < -0.4 is 5.32 Å². The summed E-state index contributed by atoms with van der Waals surface area (Å²) < 4.78 is 17.4. The molecule has 9 nitrogen and oxygen atoms in total. The van der Waals surface area contributed by atoms with Crippen molar-refractivity contribution in [1.29, 1.82) is 0 Å². The van der Waals surface area contributed by atoms with E-state index in [4.69, 9.17) is 14.2 Å². The molecule has 9 heteroatoms. The number of ether oxygens (including phenoxy) is 3. The second kappa shape index (κ2) is 10.6. The Morgan fingerprint density at radius 2 is 1.84 bits per heavy atom. The molecular formula is C34H51NO8. The standard InChI is InChI=1S/C34H51NO8/c1-16(2)28(31(40)41-7)35-24-14-26(37)33(6)23-10-11-32(5)21(18(4)25-12-17(3)20(15-36)30(39)42-25)8-9-22(32)19(23)13-27-34(33,43-27)29(24)38/h16,18-19,21-25,27-29,35-36,38H,8-15H2,1-7H3/t18-,19-,21+,22-,23-,24-,25+,27+,28+,29-,32+,33-,34-/m0/s1. The van der Waals surface area contributed by atoms with E-state index in [9.17, 15) is 24.6 Å². The van der Waals surface area contributed by atoms with Gasteiger partial charge < -0.3 is 24.4 Å². The largest absolute Gasteiger partial charge is 0.468 e. The molecule has 0 aromatic carbocycles. The summed E-state index contributed by atoms with van der Waals surface area (Å²) in [6, 6.07) is -1.18. The molecule has 2 aliphatic heterocycles.